The van der Waals surface area contributed by atoms with Crippen LogP contribution >= 0.6 is 0 Å². The van der Waals surface area contributed by atoms with Gasteiger partial charge in [-0.2, -0.15) is 0 Å². The number of carbonyl (C=O) groups is 1. The van der Waals surface area contributed by atoms with Crippen LogP contribution in [0.2, 0.25) is 0 Å². The number of hydrogen-bond donors (Lipinski definition) is 15. The second-order valence-electron chi connectivity index (χ2n) is 28.7. The van der Waals surface area contributed by atoms with Crippen molar-refractivity contribution in [1.82, 2.24) is 0 Å². The molecule has 26 nitrogen and oxygen atoms in total. The van der Waals surface area contributed by atoms with E-state index in [1.165, 1.54) is 12.5 Å². The van der Waals surface area contributed by atoms with Gasteiger partial charge in [0, 0.05) is 0 Å². The molecule has 10 aliphatic rings. The molecular weight excluding hydrogens is 1120 g/mol. The Balaban J connectivity index is 0.824. The van der Waals surface area contributed by atoms with E-state index in [1.54, 1.807) is 0 Å². The van der Waals surface area contributed by atoms with Gasteiger partial charge in [0.2, 0.25) is 6.29 Å². The average Bonchev–Trinajstić information content (AvgIpc) is 0.699. The summed E-state index contributed by atoms with van der Waals surface area (Å²) in [7, 11) is 0. The largest absolute Gasteiger partial charge is 0.432 e. The Hall–Kier alpha value is -1.75. The summed E-state index contributed by atoms with van der Waals surface area (Å²) in [5.74, 6) is -0.520. The number of ether oxygens (including phenoxy) is 10. The Bertz CT molecular complexity index is 2360. The maximum atomic E-state index is 15.2. The third-order valence-electron chi connectivity index (χ3n) is 23.1. The van der Waals surface area contributed by atoms with Gasteiger partial charge in [-0.25, -0.2) is 0 Å². The molecule has 32 atom stereocenters. The summed E-state index contributed by atoms with van der Waals surface area (Å²) in [5, 5.41) is 161. The average molecular weight is 1220 g/mol. The van der Waals surface area contributed by atoms with Gasteiger partial charge < -0.3 is 124 Å². The lowest BCUT2D eigenvalue weighted by Crippen LogP contribution is -2.66. The molecule has 10 rings (SSSR count). The van der Waals surface area contributed by atoms with Crippen molar-refractivity contribution in [2.75, 3.05) is 26.4 Å². The van der Waals surface area contributed by atoms with Gasteiger partial charge in [0.05, 0.1) is 44.1 Å². The summed E-state index contributed by atoms with van der Waals surface area (Å²) in [4.78, 5) is 15.2. The van der Waals surface area contributed by atoms with Gasteiger partial charge in [-0.1, -0.05) is 60.1 Å². The Morgan fingerprint density at radius 2 is 1.13 bits per heavy atom. The number of carbonyl (C=O) groups excluding carboxylic acids is 1. The third-order valence-corrected chi connectivity index (χ3v) is 23.1. The highest BCUT2D eigenvalue weighted by Gasteiger charge is 2.70. The molecule has 5 aliphatic heterocycles. The highest BCUT2D eigenvalue weighted by Crippen LogP contribution is 2.76. The Labute approximate surface area is 494 Å². The van der Waals surface area contributed by atoms with Crippen molar-refractivity contribution in [1.29, 1.82) is 0 Å². The van der Waals surface area contributed by atoms with Crippen LogP contribution in [0.4, 0.5) is 0 Å². The van der Waals surface area contributed by atoms with Crippen molar-refractivity contribution in [3.8, 4) is 0 Å². The lowest BCUT2D eigenvalue weighted by Gasteiger charge is -2.71. The van der Waals surface area contributed by atoms with E-state index in [-0.39, 0.29) is 46.0 Å². The van der Waals surface area contributed by atoms with E-state index in [0.29, 0.717) is 38.5 Å². The van der Waals surface area contributed by atoms with E-state index in [9.17, 15) is 76.6 Å². The topological polar surface area (TPSA) is 413 Å². The zero-order valence-corrected chi connectivity index (χ0v) is 49.8. The summed E-state index contributed by atoms with van der Waals surface area (Å²) in [6.45, 7) is 15.0. The van der Waals surface area contributed by atoms with Gasteiger partial charge >= 0.3 is 5.97 Å². The molecule has 0 aromatic carbocycles. The van der Waals surface area contributed by atoms with Crippen molar-refractivity contribution in [3.63, 3.8) is 0 Å². The molecule has 0 radical (unpaired) electrons. The van der Waals surface area contributed by atoms with Crippen LogP contribution in [0.25, 0.3) is 0 Å². The molecule has 85 heavy (non-hydrogen) atoms. The minimum atomic E-state index is -1.89. The van der Waals surface area contributed by atoms with Crippen LogP contribution in [0, 0.1) is 50.2 Å². The molecule has 0 aromatic heterocycles. The number of aliphatic hydroxyl groups is 15. The van der Waals surface area contributed by atoms with Crippen molar-refractivity contribution < 1.29 is 129 Å². The van der Waals surface area contributed by atoms with Crippen LogP contribution < -0.4 is 0 Å². The molecule has 5 saturated heterocycles. The zero-order chi connectivity index (χ0) is 62.0. The smallest absolute Gasteiger partial charge is 0.315 e. The monoisotopic (exact) mass is 1220 g/mol. The summed E-state index contributed by atoms with van der Waals surface area (Å²) in [6, 6.07) is 0. The van der Waals surface area contributed by atoms with E-state index in [1.807, 2.05) is 0 Å². The van der Waals surface area contributed by atoms with Crippen molar-refractivity contribution in [3.05, 3.63) is 11.6 Å². The molecule has 0 aromatic rings. The molecule has 0 amide bonds. The highest BCUT2D eigenvalue weighted by atomic mass is 16.8. The minimum Gasteiger partial charge on any atom is -0.432 e. The van der Waals surface area contributed by atoms with E-state index in [0.717, 1.165) is 25.7 Å². The third kappa shape index (κ3) is 11.2. The van der Waals surface area contributed by atoms with Crippen molar-refractivity contribution in [2.24, 2.45) is 50.2 Å². The van der Waals surface area contributed by atoms with E-state index in [2.05, 4.69) is 54.5 Å². The highest BCUT2D eigenvalue weighted by molar-refractivity contribution is 5.79. The Kier molecular flexibility index (Phi) is 19.0. The second-order valence-corrected chi connectivity index (χ2v) is 28.7. The maximum Gasteiger partial charge on any atom is 0.315 e. The molecular formula is C59H96O26. The molecule has 15 N–H and O–H groups in total. The number of hydrogen-bond acceptors (Lipinski definition) is 26. The first-order valence-electron chi connectivity index (χ1n) is 30.6. The van der Waals surface area contributed by atoms with Gasteiger partial charge in [0.1, 0.15) is 110 Å². The fraction of sp³-hybridized carbons (Fsp3) is 0.949. The number of fused-ring (bicyclic) bond motifs is 7. The van der Waals surface area contributed by atoms with Crippen LogP contribution in [0.1, 0.15) is 120 Å². The molecule has 0 spiro atoms. The van der Waals surface area contributed by atoms with Crippen LogP contribution in [0.5, 0.6) is 0 Å². The van der Waals surface area contributed by atoms with E-state index >= 15 is 4.79 Å². The van der Waals surface area contributed by atoms with Gasteiger partial charge in [0.25, 0.3) is 0 Å². The molecule has 0 bridgehead atoms. The lowest BCUT2D eigenvalue weighted by atomic mass is 9.33. The van der Waals surface area contributed by atoms with Crippen molar-refractivity contribution >= 4 is 5.97 Å². The quantitative estimate of drug-likeness (QED) is 0.0513. The van der Waals surface area contributed by atoms with Gasteiger partial charge in [-0.05, 0) is 116 Å². The fourth-order valence-corrected chi connectivity index (χ4v) is 17.6. The number of aliphatic hydroxyl groups excluding tert-OH is 15. The van der Waals surface area contributed by atoms with Crippen LogP contribution in [-0.2, 0) is 52.2 Å². The SMILES string of the molecule is C[C@@H]1O[C@@H](O[C@H]2[C@H](O)[C@@H](O)[C@H](OC[C@H]3O[C@@H](OC(=O)[C@]45CCC(C)(C)C[C@H]4C4=CC[C@@H]6[C@@]7(C)CC[C@H](O[C@@H]8OC[C@@H](O)[C@@H](O)[C@@H]8O[C@@H]8O[C@H](CO)[C@@H](O)[C@H](O)[C@H]8O)C(C)(C)[C@@H]7CC[C@@]6(C)[C@]4(C)CC5)[C@H](O)[C@@H](O)[C@@H]3O)O[C@@H]2CO)[C@H](O)[C@H](O)[C@H]1O. The van der Waals surface area contributed by atoms with Crippen LogP contribution in [0.3, 0.4) is 0 Å². The lowest BCUT2D eigenvalue weighted by molar-refractivity contribution is -0.367. The van der Waals surface area contributed by atoms with Crippen LogP contribution in [-0.4, -0.2) is 263 Å². The predicted molar refractivity (Wildman–Crippen MR) is 288 cm³/mol. The standard InChI is InChI=1S/C59H96O26/c1-24-34(63)38(67)42(71)49(78-24)83-46-29(21-61)80-48(45(74)41(46)70)77-23-30-37(66)40(69)44(73)51(81-30)85-53(75)59-17-15-54(2,3)19-26(59)25-9-10-32-56(6)13-12-33(55(4,5)31(56)11-14-58(32,8)57(25,7)16-18-59)82-52-47(35(64)27(62)22-76-52)84-50-43(72)39(68)36(65)28(20-60)79-50/h9,24,26-52,60-74H,10-23H2,1-8H3/t24-,26-,27+,28+,29+,30+,31-,32+,33-,34-,35+,36+,37+,38+,39-,40-,41+,42+,43+,44+,45+,46+,47-,48+,49-,50-,51-,52-,56-,57+,58+,59-/m0/s1. The first-order chi connectivity index (χ1) is 39.8. The van der Waals surface area contributed by atoms with Gasteiger partial charge in [-0.15, -0.1) is 0 Å². The molecule has 5 aliphatic carbocycles. The molecule has 26 heteroatoms. The maximum absolute atomic E-state index is 15.2. The normalized spacial score (nSPS) is 54.1. The first-order valence-corrected chi connectivity index (χ1v) is 30.6. The molecule has 5 heterocycles. The fourth-order valence-electron chi connectivity index (χ4n) is 17.6. The van der Waals surface area contributed by atoms with Gasteiger partial charge in [0.15, 0.2) is 25.2 Å². The summed E-state index contributed by atoms with van der Waals surface area (Å²) < 4.78 is 59.4. The van der Waals surface area contributed by atoms with Crippen LogP contribution in [0.15, 0.2) is 11.6 Å². The second kappa shape index (κ2) is 24.4. The Morgan fingerprint density at radius 1 is 0.553 bits per heavy atom. The van der Waals surface area contributed by atoms with E-state index < -0.39 is 190 Å². The molecule has 0 unspecified atom stereocenters. The molecule has 9 fully saturated rings. The number of esters is 1. The minimum absolute atomic E-state index is 0.141. The number of allylic oxidation sites excluding steroid dienone is 2. The summed E-state index contributed by atoms with van der Waals surface area (Å²) in [6.07, 6.45) is -29.5. The molecule has 4 saturated carbocycles. The summed E-state index contributed by atoms with van der Waals surface area (Å²) in [5.41, 5.74) is -1.25. The summed E-state index contributed by atoms with van der Waals surface area (Å²) >= 11 is 0. The van der Waals surface area contributed by atoms with E-state index in [4.69, 9.17) is 47.4 Å². The number of rotatable bonds is 13. The predicted octanol–water partition coefficient (Wildman–Crippen LogP) is -2.54. The zero-order valence-electron chi connectivity index (χ0n) is 49.8. The Morgan fingerprint density at radius 3 is 1.80 bits per heavy atom. The molecule has 488 valence electrons. The van der Waals surface area contributed by atoms with Gasteiger partial charge in [-0.3, -0.25) is 4.79 Å². The van der Waals surface area contributed by atoms with Crippen molar-refractivity contribution in [2.45, 2.75) is 273 Å². The first kappa shape index (κ1) is 66.2.